The van der Waals surface area contributed by atoms with Crippen molar-refractivity contribution in [2.24, 2.45) is 0 Å². The second-order valence-corrected chi connectivity index (χ2v) is 5.36. The molecular formula is C18H19NO. The number of Topliss-reactive ketones (excluding diaryl/α,β-unsaturated/α-hetero) is 1. The zero-order valence-corrected chi connectivity index (χ0v) is 11.5. The molecule has 0 saturated carbocycles. The fraction of sp³-hybridized carbons (Fsp3) is 0.278. The summed E-state index contributed by atoms with van der Waals surface area (Å²) in [5.41, 5.74) is 3.47. The standard InChI is InChI=1S/C18H19NO/c20-18(17-10-5-11-19-17)13-14-6-4-9-16(12-14)15-7-2-1-3-8-15/h1-4,6-9,12,17,19H,5,10-11,13H2. The summed E-state index contributed by atoms with van der Waals surface area (Å²) in [4.78, 5) is 12.2. The third-order valence-electron chi connectivity index (χ3n) is 3.86. The molecule has 102 valence electrons. The van der Waals surface area contributed by atoms with Gasteiger partial charge >= 0.3 is 0 Å². The second-order valence-electron chi connectivity index (χ2n) is 5.36. The van der Waals surface area contributed by atoms with Gasteiger partial charge in [0.15, 0.2) is 5.78 Å². The van der Waals surface area contributed by atoms with Crippen LogP contribution < -0.4 is 5.32 Å². The maximum absolute atomic E-state index is 12.2. The minimum atomic E-state index is 0.0652. The summed E-state index contributed by atoms with van der Waals surface area (Å²) in [5, 5.41) is 3.27. The molecule has 1 aliphatic rings. The molecule has 0 amide bonds. The SMILES string of the molecule is O=C(Cc1cccc(-c2ccccc2)c1)C1CCCN1. The number of carbonyl (C=O) groups excluding carboxylic acids is 1. The molecule has 1 N–H and O–H groups in total. The van der Waals surface area contributed by atoms with Crippen LogP contribution >= 0.6 is 0 Å². The molecule has 20 heavy (non-hydrogen) atoms. The van der Waals surface area contributed by atoms with Gasteiger partial charge in [-0.05, 0) is 36.1 Å². The maximum atomic E-state index is 12.2. The average Bonchev–Trinajstić information content (AvgIpc) is 3.03. The molecule has 1 atom stereocenters. The first kappa shape index (κ1) is 13.1. The third kappa shape index (κ3) is 2.97. The van der Waals surface area contributed by atoms with Crippen LogP contribution in [0.2, 0.25) is 0 Å². The maximum Gasteiger partial charge on any atom is 0.154 e. The van der Waals surface area contributed by atoms with Gasteiger partial charge in [0, 0.05) is 6.42 Å². The molecule has 0 aromatic heterocycles. The van der Waals surface area contributed by atoms with Gasteiger partial charge in [0.05, 0.1) is 6.04 Å². The topological polar surface area (TPSA) is 29.1 Å². The number of ketones is 1. The van der Waals surface area contributed by atoms with Gasteiger partial charge in [-0.2, -0.15) is 0 Å². The lowest BCUT2D eigenvalue weighted by molar-refractivity contribution is -0.120. The molecule has 3 rings (SSSR count). The summed E-state index contributed by atoms with van der Waals surface area (Å²) >= 11 is 0. The first-order valence-electron chi connectivity index (χ1n) is 7.23. The summed E-state index contributed by atoms with van der Waals surface area (Å²) in [7, 11) is 0. The zero-order valence-electron chi connectivity index (χ0n) is 11.5. The van der Waals surface area contributed by atoms with E-state index in [1.165, 1.54) is 11.1 Å². The predicted octanol–water partition coefficient (Wildman–Crippen LogP) is 3.22. The van der Waals surface area contributed by atoms with E-state index in [0.717, 1.165) is 24.9 Å². The van der Waals surface area contributed by atoms with Crippen molar-refractivity contribution in [2.75, 3.05) is 6.54 Å². The van der Waals surface area contributed by atoms with Crippen LogP contribution in [0.25, 0.3) is 11.1 Å². The quantitative estimate of drug-likeness (QED) is 0.919. The van der Waals surface area contributed by atoms with Crippen LogP contribution in [0.4, 0.5) is 0 Å². The Morgan fingerprint density at radius 3 is 2.60 bits per heavy atom. The highest BCUT2D eigenvalue weighted by atomic mass is 16.1. The highest BCUT2D eigenvalue weighted by molar-refractivity contribution is 5.86. The molecule has 2 nitrogen and oxygen atoms in total. The number of benzene rings is 2. The van der Waals surface area contributed by atoms with Crippen LogP contribution in [0.5, 0.6) is 0 Å². The molecule has 1 aliphatic heterocycles. The van der Waals surface area contributed by atoms with Gasteiger partial charge in [-0.15, -0.1) is 0 Å². The smallest absolute Gasteiger partial charge is 0.154 e. The molecule has 1 unspecified atom stereocenters. The minimum absolute atomic E-state index is 0.0652. The number of hydrogen-bond acceptors (Lipinski definition) is 2. The lowest BCUT2D eigenvalue weighted by atomic mass is 9.98. The Morgan fingerprint density at radius 1 is 1.05 bits per heavy atom. The van der Waals surface area contributed by atoms with Gasteiger partial charge in [0.25, 0.3) is 0 Å². The van der Waals surface area contributed by atoms with Crippen molar-refractivity contribution in [2.45, 2.75) is 25.3 Å². The fourth-order valence-electron chi connectivity index (χ4n) is 2.78. The Bertz CT molecular complexity index is 585. The monoisotopic (exact) mass is 265 g/mol. The third-order valence-corrected chi connectivity index (χ3v) is 3.86. The van der Waals surface area contributed by atoms with E-state index in [1.807, 2.05) is 30.3 Å². The number of hydrogen-bond donors (Lipinski definition) is 1. The summed E-state index contributed by atoms with van der Waals surface area (Å²) in [6.07, 6.45) is 2.62. The van der Waals surface area contributed by atoms with Crippen LogP contribution in [0.1, 0.15) is 18.4 Å². The van der Waals surface area contributed by atoms with E-state index in [2.05, 4.69) is 29.6 Å². The largest absolute Gasteiger partial charge is 0.307 e. The molecule has 0 bridgehead atoms. The first-order valence-corrected chi connectivity index (χ1v) is 7.23. The van der Waals surface area contributed by atoms with Gasteiger partial charge in [-0.1, -0.05) is 54.6 Å². The van der Waals surface area contributed by atoms with E-state index in [-0.39, 0.29) is 6.04 Å². The molecule has 0 aliphatic carbocycles. The lowest BCUT2D eigenvalue weighted by Gasteiger charge is -2.10. The highest BCUT2D eigenvalue weighted by Crippen LogP contribution is 2.20. The molecule has 1 heterocycles. The normalized spacial score (nSPS) is 18.1. The van der Waals surface area contributed by atoms with Gasteiger partial charge in [-0.25, -0.2) is 0 Å². The number of carbonyl (C=O) groups is 1. The highest BCUT2D eigenvalue weighted by Gasteiger charge is 2.21. The Hall–Kier alpha value is -1.93. The summed E-state index contributed by atoms with van der Waals surface area (Å²) in [5.74, 6) is 0.313. The van der Waals surface area contributed by atoms with Gasteiger partial charge in [0.1, 0.15) is 0 Å². The Labute approximate surface area is 119 Å². The van der Waals surface area contributed by atoms with Crippen LogP contribution in [0.3, 0.4) is 0 Å². The van der Waals surface area contributed by atoms with E-state index < -0.39 is 0 Å². The van der Waals surface area contributed by atoms with Crippen molar-refractivity contribution in [3.8, 4) is 11.1 Å². The minimum Gasteiger partial charge on any atom is -0.307 e. The van der Waals surface area contributed by atoms with Gasteiger partial charge in [-0.3, -0.25) is 4.79 Å². The van der Waals surface area contributed by atoms with E-state index in [4.69, 9.17) is 0 Å². The van der Waals surface area contributed by atoms with E-state index in [9.17, 15) is 4.79 Å². The van der Waals surface area contributed by atoms with Crippen LogP contribution in [-0.4, -0.2) is 18.4 Å². The predicted molar refractivity (Wildman–Crippen MR) is 81.6 cm³/mol. The Morgan fingerprint density at radius 2 is 1.85 bits per heavy atom. The lowest BCUT2D eigenvalue weighted by Crippen LogP contribution is -2.31. The van der Waals surface area contributed by atoms with Gasteiger partial charge < -0.3 is 5.32 Å². The summed E-state index contributed by atoms with van der Waals surface area (Å²) in [6, 6.07) is 18.6. The van der Waals surface area contributed by atoms with Crippen molar-refractivity contribution < 1.29 is 4.79 Å². The molecule has 2 aromatic carbocycles. The van der Waals surface area contributed by atoms with Crippen molar-refractivity contribution in [3.05, 3.63) is 60.2 Å². The molecule has 1 fully saturated rings. The van der Waals surface area contributed by atoms with Crippen molar-refractivity contribution in [3.63, 3.8) is 0 Å². The number of rotatable bonds is 4. The van der Waals surface area contributed by atoms with E-state index in [0.29, 0.717) is 12.2 Å². The van der Waals surface area contributed by atoms with Gasteiger partial charge in [0.2, 0.25) is 0 Å². The first-order chi connectivity index (χ1) is 9.83. The van der Waals surface area contributed by atoms with E-state index in [1.54, 1.807) is 0 Å². The second kappa shape index (κ2) is 6.02. The molecule has 0 spiro atoms. The van der Waals surface area contributed by atoms with Crippen LogP contribution in [-0.2, 0) is 11.2 Å². The Balaban J connectivity index is 1.76. The number of nitrogens with one attached hydrogen (secondary N) is 1. The van der Waals surface area contributed by atoms with Crippen molar-refractivity contribution in [1.29, 1.82) is 0 Å². The molecular weight excluding hydrogens is 246 g/mol. The van der Waals surface area contributed by atoms with E-state index >= 15 is 0 Å². The Kier molecular flexibility index (Phi) is 3.93. The van der Waals surface area contributed by atoms with Crippen molar-refractivity contribution >= 4 is 5.78 Å². The fourth-order valence-corrected chi connectivity index (χ4v) is 2.78. The molecule has 2 aromatic rings. The molecule has 1 saturated heterocycles. The summed E-state index contributed by atoms with van der Waals surface area (Å²) in [6.45, 7) is 0.973. The van der Waals surface area contributed by atoms with Crippen LogP contribution in [0, 0.1) is 0 Å². The molecule has 2 heteroatoms. The summed E-state index contributed by atoms with van der Waals surface area (Å²) < 4.78 is 0. The van der Waals surface area contributed by atoms with Crippen molar-refractivity contribution in [1.82, 2.24) is 5.32 Å². The van der Waals surface area contributed by atoms with Crippen LogP contribution in [0.15, 0.2) is 54.6 Å². The molecule has 0 radical (unpaired) electrons. The average molecular weight is 265 g/mol. The zero-order chi connectivity index (χ0) is 13.8.